The van der Waals surface area contributed by atoms with Gasteiger partial charge in [-0.1, -0.05) is 26.0 Å². The minimum atomic E-state index is -1.73. The van der Waals surface area contributed by atoms with Gasteiger partial charge >= 0.3 is 0 Å². The van der Waals surface area contributed by atoms with E-state index in [-0.39, 0.29) is 48.4 Å². The summed E-state index contributed by atoms with van der Waals surface area (Å²) in [5.41, 5.74) is -2.17. The van der Waals surface area contributed by atoms with Crippen molar-refractivity contribution in [1.82, 2.24) is 0 Å². The summed E-state index contributed by atoms with van der Waals surface area (Å²) in [5, 5.41) is 43.1. The molecule has 0 aliphatic heterocycles. The second kappa shape index (κ2) is 4.58. The number of aliphatic hydroxyl groups excluding tert-OH is 2. The molecular formula is C19H26O5. The van der Waals surface area contributed by atoms with Gasteiger partial charge < -0.3 is 20.4 Å². The van der Waals surface area contributed by atoms with E-state index in [1.54, 1.807) is 13.0 Å². The Balaban J connectivity index is 1.88. The molecule has 0 aromatic rings. The van der Waals surface area contributed by atoms with E-state index in [9.17, 15) is 25.2 Å². The minimum Gasteiger partial charge on any atom is -0.393 e. The highest BCUT2D eigenvalue weighted by atomic mass is 16.3. The van der Waals surface area contributed by atoms with Crippen LogP contribution in [-0.2, 0) is 4.79 Å². The normalized spacial score (nSPS) is 51.8. The molecule has 4 N–H and O–H groups in total. The van der Waals surface area contributed by atoms with Gasteiger partial charge in [-0.25, -0.2) is 0 Å². The smallest absolute Gasteiger partial charge is 0.190 e. The molecule has 4 rings (SSSR count). The van der Waals surface area contributed by atoms with Crippen LogP contribution in [0.2, 0.25) is 0 Å². The molecule has 4 aliphatic rings. The highest BCUT2D eigenvalue weighted by molar-refractivity contribution is 6.04. The Bertz CT molecular complexity index is 677. The van der Waals surface area contributed by atoms with E-state index in [0.717, 1.165) is 0 Å². The number of carbonyl (C=O) groups is 1. The summed E-state index contributed by atoms with van der Waals surface area (Å²) in [6.07, 6.45) is 3.07. The first-order chi connectivity index (χ1) is 11.1. The van der Waals surface area contributed by atoms with Gasteiger partial charge in [0.05, 0.1) is 18.3 Å². The number of hydrogen-bond donors (Lipinski definition) is 4. The maximum atomic E-state index is 12.6. The van der Waals surface area contributed by atoms with Crippen molar-refractivity contribution < 1.29 is 25.2 Å². The third-order valence-electron chi connectivity index (χ3n) is 7.25. The van der Waals surface area contributed by atoms with Crippen molar-refractivity contribution in [3.05, 3.63) is 23.3 Å². The first kappa shape index (κ1) is 16.5. The molecule has 0 amide bonds. The van der Waals surface area contributed by atoms with Gasteiger partial charge in [-0.15, -0.1) is 0 Å². The Morgan fingerprint density at radius 3 is 2.50 bits per heavy atom. The van der Waals surface area contributed by atoms with E-state index >= 15 is 0 Å². The van der Waals surface area contributed by atoms with Crippen LogP contribution < -0.4 is 0 Å². The zero-order chi connectivity index (χ0) is 17.7. The third-order valence-corrected chi connectivity index (χ3v) is 7.25. The zero-order valence-electron chi connectivity index (χ0n) is 14.4. The second-order valence-electron chi connectivity index (χ2n) is 8.90. The summed E-state index contributed by atoms with van der Waals surface area (Å²) < 4.78 is 0. The predicted molar refractivity (Wildman–Crippen MR) is 86.8 cm³/mol. The largest absolute Gasteiger partial charge is 0.393 e. The van der Waals surface area contributed by atoms with Crippen molar-refractivity contribution in [2.75, 3.05) is 6.61 Å². The van der Waals surface area contributed by atoms with Crippen molar-refractivity contribution in [2.24, 2.45) is 29.1 Å². The molecule has 0 bridgehead atoms. The number of Topliss-reactive ketones (excluding diaryl/α,β-unsaturated/α-hetero) is 1. The molecule has 0 spiro atoms. The van der Waals surface area contributed by atoms with E-state index in [0.29, 0.717) is 11.1 Å². The number of ketones is 1. The van der Waals surface area contributed by atoms with E-state index in [4.69, 9.17) is 0 Å². The number of rotatable bonds is 1. The summed E-state index contributed by atoms with van der Waals surface area (Å²) in [4.78, 5) is 12.6. The number of fused-ring (bicyclic) bond motifs is 5. The van der Waals surface area contributed by atoms with Crippen LogP contribution in [-0.4, -0.2) is 50.1 Å². The summed E-state index contributed by atoms with van der Waals surface area (Å²) >= 11 is 0. The van der Waals surface area contributed by atoms with Crippen LogP contribution in [0, 0.1) is 29.1 Å². The first-order valence-electron chi connectivity index (χ1n) is 8.74. The van der Waals surface area contributed by atoms with Crippen molar-refractivity contribution in [2.45, 2.75) is 50.9 Å². The van der Waals surface area contributed by atoms with E-state index in [1.165, 1.54) is 0 Å². The van der Waals surface area contributed by atoms with Gasteiger partial charge in [0.25, 0.3) is 0 Å². The fraction of sp³-hybridized carbons (Fsp3) is 0.737. The van der Waals surface area contributed by atoms with Gasteiger partial charge in [0.1, 0.15) is 5.60 Å². The lowest BCUT2D eigenvalue weighted by atomic mass is 9.64. The minimum absolute atomic E-state index is 0.0353. The fourth-order valence-corrected chi connectivity index (χ4v) is 6.09. The number of aliphatic hydroxyl groups is 4. The summed E-state index contributed by atoms with van der Waals surface area (Å²) in [5.74, 6) is -1.23. The van der Waals surface area contributed by atoms with Gasteiger partial charge in [0, 0.05) is 24.7 Å². The van der Waals surface area contributed by atoms with Gasteiger partial charge in [0.15, 0.2) is 5.78 Å². The maximum Gasteiger partial charge on any atom is 0.190 e. The van der Waals surface area contributed by atoms with Crippen LogP contribution in [0.25, 0.3) is 0 Å². The monoisotopic (exact) mass is 334 g/mol. The van der Waals surface area contributed by atoms with Crippen LogP contribution in [0.5, 0.6) is 0 Å². The Hall–Kier alpha value is -1.01. The lowest BCUT2D eigenvalue weighted by Crippen LogP contribution is -2.58. The highest BCUT2D eigenvalue weighted by Crippen LogP contribution is 2.71. The summed E-state index contributed by atoms with van der Waals surface area (Å²) in [6, 6.07) is 0. The lowest BCUT2D eigenvalue weighted by molar-refractivity contribution is -0.164. The molecule has 0 heterocycles. The van der Waals surface area contributed by atoms with Gasteiger partial charge in [-0.2, -0.15) is 0 Å². The molecule has 5 nitrogen and oxygen atoms in total. The van der Waals surface area contributed by atoms with Gasteiger partial charge in [0.2, 0.25) is 0 Å². The Labute approximate surface area is 141 Å². The Kier molecular flexibility index (Phi) is 3.14. The number of hydrogen-bond acceptors (Lipinski definition) is 5. The molecule has 24 heavy (non-hydrogen) atoms. The standard InChI is InChI=1S/C19H26O5/c1-9-4-13-18(23)7-12(21)15-14(17(15,2)3)11(18)5-10(8-20)6-19(13,24)16(9)22/h4-5,11-15,20-21,23-24H,6-8H2,1-3H3/t11-,12+,13-,14-,15?,18+,19+/m0/s1. The average Bonchev–Trinajstić information content (AvgIpc) is 3.02. The van der Waals surface area contributed by atoms with Gasteiger partial charge in [-0.05, 0) is 35.3 Å². The van der Waals surface area contributed by atoms with Gasteiger partial charge in [-0.3, -0.25) is 4.79 Å². The molecule has 5 heteroatoms. The van der Waals surface area contributed by atoms with Crippen LogP contribution in [0.4, 0.5) is 0 Å². The van der Waals surface area contributed by atoms with Crippen molar-refractivity contribution >= 4 is 5.78 Å². The van der Waals surface area contributed by atoms with Crippen molar-refractivity contribution in [1.29, 1.82) is 0 Å². The molecule has 7 atom stereocenters. The molecule has 0 aromatic carbocycles. The Morgan fingerprint density at radius 1 is 1.21 bits per heavy atom. The predicted octanol–water partition coefficient (Wildman–Crippen LogP) is 0.569. The molecule has 1 unspecified atom stereocenters. The molecule has 0 aromatic heterocycles. The van der Waals surface area contributed by atoms with E-state index in [2.05, 4.69) is 13.8 Å². The van der Waals surface area contributed by atoms with Crippen LogP contribution in [0.3, 0.4) is 0 Å². The third kappa shape index (κ3) is 1.76. The molecule has 0 saturated heterocycles. The fourth-order valence-electron chi connectivity index (χ4n) is 6.09. The Morgan fingerprint density at radius 2 is 1.88 bits per heavy atom. The highest BCUT2D eigenvalue weighted by Gasteiger charge is 2.73. The molecule has 132 valence electrons. The van der Waals surface area contributed by atoms with Crippen LogP contribution in [0.1, 0.15) is 33.6 Å². The SMILES string of the molecule is CC1=C[C@H]2[C@@]3(O)C[C@@H](O)C4[C@H]([C@@H]3C=C(CO)C[C@]2(O)C1=O)C4(C)C. The topological polar surface area (TPSA) is 98.0 Å². The molecule has 4 aliphatic carbocycles. The summed E-state index contributed by atoms with van der Waals surface area (Å²) in [6.45, 7) is 5.58. The summed E-state index contributed by atoms with van der Waals surface area (Å²) in [7, 11) is 0. The molecule has 0 radical (unpaired) electrons. The van der Waals surface area contributed by atoms with Crippen molar-refractivity contribution in [3.63, 3.8) is 0 Å². The average molecular weight is 334 g/mol. The number of carbonyl (C=O) groups excluding carboxylic acids is 1. The molecule has 2 saturated carbocycles. The molecule has 2 fully saturated rings. The van der Waals surface area contributed by atoms with Crippen LogP contribution >= 0.6 is 0 Å². The first-order valence-corrected chi connectivity index (χ1v) is 8.74. The zero-order valence-corrected chi connectivity index (χ0v) is 14.4. The quantitative estimate of drug-likeness (QED) is 0.526. The lowest BCUT2D eigenvalue weighted by Gasteiger charge is -2.46. The van der Waals surface area contributed by atoms with E-state index in [1.807, 2.05) is 6.08 Å². The van der Waals surface area contributed by atoms with E-state index < -0.39 is 23.2 Å². The van der Waals surface area contributed by atoms with Crippen molar-refractivity contribution in [3.8, 4) is 0 Å². The molecular weight excluding hydrogens is 308 g/mol. The maximum absolute atomic E-state index is 12.6. The second-order valence-corrected chi connectivity index (χ2v) is 8.90. The van der Waals surface area contributed by atoms with Crippen LogP contribution in [0.15, 0.2) is 23.3 Å².